The molecule has 0 radical (unpaired) electrons. The minimum atomic E-state index is -3.60. The molecule has 3 rings (SSSR count). The fourth-order valence-electron chi connectivity index (χ4n) is 2.43. The third-order valence-corrected chi connectivity index (χ3v) is 5.91. The standard InChI is InChI=1S/C14H19NO5S/c1-10(2)14(16)8-15(9-14)21(17,18)11-3-4-12-13(7-11)20-6-5-19-12/h3-4,7,10,16H,5-6,8-9H2,1-2H3. The molecule has 2 aliphatic rings. The van der Waals surface area contributed by atoms with Crippen molar-refractivity contribution in [2.45, 2.75) is 24.3 Å². The summed E-state index contributed by atoms with van der Waals surface area (Å²) in [5.41, 5.74) is -0.930. The van der Waals surface area contributed by atoms with Gasteiger partial charge in [-0.05, 0) is 18.1 Å². The summed E-state index contributed by atoms with van der Waals surface area (Å²) in [4.78, 5) is 0.164. The Morgan fingerprint density at radius 1 is 1.19 bits per heavy atom. The van der Waals surface area contributed by atoms with Crippen molar-refractivity contribution in [1.29, 1.82) is 0 Å². The average molecular weight is 313 g/mol. The topological polar surface area (TPSA) is 76.1 Å². The maximum atomic E-state index is 12.5. The van der Waals surface area contributed by atoms with Crippen molar-refractivity contribution in [2.24, 2.45) is 5.92 Å². The van der Waals surface area contributed by atoms with Gasteiger partial charge in [0.05, 0.1) is 10.5 Å². The Bertz CT molecular complexity index is 649. The molecule has 0 saturated carbocycles. The van der Waals surface area contributed by atoms with Crippen LogP contribution in [-0.2, 0) is 10.0 Å². The zero-order chi connectivity index (χ0) is 15.3. The molecule has 1 aromatic carbocycles. The molecule has 1 aromatic rings. The summed E-state index contributed by atoms with van der Waals surface area (Å²) >= 11 is 0. The van der Waals surface area contributed by atoms with E-state index in [0.29, 0.717) is 24.7 Å². The first-order valence-corrected chi connectivity index (χ1v) is 8.39. The minimum absolute atomic E-state index is 0.0178. The molecule has 2 heterocycles. The predicted molar refractivity (Wildman–Crippen MR) is 76.0 cm³/mol. The molecule has 1 fully saturated rings. The van der Waals surface area contributed by atoms with Gasteiger partial charge in [0.1, 0.15) is 13.2 Å². The van der Waals surface area contributed by atoms with E-state index in [1.54, 1.807) is 6.07 Å². The van der Waals surface area contributed by atoms with Gasteiger partial charge in [-0.2, -0.15) is 4.31 Å². The molecule has 21 heavy (non-hydrogen) atoms. The third-order valence-electron chi connectivity index (χ3n) is 4.13. The van der Waals surface area contributed by atoms with Crippen molar-refractivity contribution in [3.8, 4) is 11.5 Å². The van der Waals surface area contributed by atoms with E-state index in [9.17, 15) is 13.5 Å². The van der Waals surface area contributed by atoms with Crippen LogP contribution >= 0.6 is 0 Å². The summed E-state index contributed by atoms with van der Waals surface area (Å²) in [5.74, 6) is 1.02. The van der Waals surface area contributed by atoms with Crippen LogP contribution in [-0.4, -0.2) is 49.7 Å². The quantitative estimate of drug-likeness (QED) is 0.895. The van der Waals surface area contributed by atoms with Gasteiger partial charge in [0, 0.05) is 19.2 Å². The number of β-amino-alcohol motifs (C(OH)–C–C–N with tert-alkyl or cyclic N) is 1. The molecule has 0 unspecified atom stereocenters. The maximum Gasteiger partial charge on any atom is 0.243 e. The Hall–Kier alpha value is -1.31. The highest BCUT2D eigenvalue weighted by Crippen LogP contribution is 2.36. The van der Waals surface area contributed by atoms with Crippen LogP contribution in [0.4, 0.5) is 0 Å². The summed E-state index contributed by atoms with van der Waals surface area (Å²) in [6.45, 7) is 4.89. The first-order valence-electron chi connectivity index (χ1n) is 6.95. The van der Waals surface area contributed by atoms with Crippen molar-refractivity contribution < 1.29 is 23.0 Å². The molecular weight excluding hydrogens is 294 g/mol. The van der Waals surface area contributed by atoms with Gasteiger partial charge in [-0.1, -0.05) is 13.8 Å². The average Bonchev–Trinajstić information content (AvgIpc) is 2.43. The van der Waals surface area contributed by atoms with Crippen LogP contribution in [0.15, 0.2) is 23.1 Å². The number of nitrogens with zero attached hydrogens (tertiary/aromatic N) is 1. The van der Waals surface area contributed by atoms with Crippen LogP contribution in [0.5, 0.6) is 11.5 Å². The summed E-state index contributed by atoms with van der Waals surface area (Å²) in [6, 6.07) is 4.60. The predicted octanol–water partition coefficient (Wildman–Crippen LogP) is 0.849. The van der Waals surface area contributed by atoms with Crippen LogP contribution < -0.4 is 9.47 Å². The molecule has 0 spiro atoms. The van der Waals surface area contributed by atoms with Gasteiger partial charge in [-0.15, -0.1) is 0 Å². The second kappa shape index (κ2) is 4.86. The van der Waals surface area contributed by atoms with Crippen LogP contribution in [0.1, 0.15) is 13.8 Å². The second-order valence-corrected chi connectivity index (χ2v) is 7.77. The first kappa shape index (κ1) is 14.6. The van der Waals surface area contributed by atoms with E-state index in [-0.39, 0.29) is 23.9 Å². The summed E-state index contributed by atoms with van der Waals surface area (Å²) in [7, 11) is -3.60. The van der Waals surface area contributed by atoms with Crippen LogP contribution in [0, 0.1) is 5.92 Å². The van der Waals surface area contributed by atoms with Gasteiger partial charge in [-0.25, -0.2) is 8.42 Å². The van der Waals surface area contributed by atoms with E-state index in [1.165, 1.54) is 16.4 Å². The molecule has 0 aliphatic carbocycles. The first-order chi connectivity index (χ1) is 9.83. The molecule has 7 heteroatoms. The highest BCUT2D eigenvalue weighted by molar-refractivity contribution is 7.89. The minimum Gasteiger partial charge on any atom is -0.486 e. The molecule has 1 N–H and O–H groups in total. The Morgan fingerprint density at radius 3 is 2.43 bits per heavy atom. The lowest BCUT2D eigenvalue weighted by Gasteiger charge is -2.47. The number of rotatable bonds is 3. The zero-order valence-corrected chi connectivity index (χ0v) is 12.9. The Labute approximate surface area is 124 Å². The lowest BCUT2D eigenvalue weighted by atomic mass is 9.85. The zero-order valence-electron chi connectivity index (χ0n) is 12.1. The Kier molecular flexibility index (Phi) is 3.38. The van der Waals surface area contributed by atoms with E-state index in [0.717, 1.165) is 0 Å². The molecule has 116 valence electrons. The fraction of sp³-hybridized carbons (Fsp3) is 0.571. The van der Waals surface area contributed by atoms with E-state index < -0.39 is 15.6 Å². The van der Waals surface area contributed by atoms with E-state index in [4.69, 9.17) is 9.47 Å². The fourth-order valence-corrected chi connectivity index (χ4v) is 4.01. The summed E-state index contributed by atoms with van der Waals surface area (Å²) < 4.78 is 37.1. The van der Waals surface area contributed by atoms with Crippen LogP contribution in [0.25, 0.3) is 0 Å². The molecule has 2 aliphatic heterocycles. The normalized spacial score (nSPS) is 21.1. The van der Waals surface area contributed by atoms with Crippen molar-refractivity contribution >= 4 is 10.0 Å². The highest BCUT2D eigenvalue weighted by atomic mass is 32.2. The molecular formula is C14H19NO5S. The Balaban J connectivity index is 1.83. The third kappa shape index (κ3) is 2.39. The Morgan fingerprint density at radius 2 is 1.81 bits per heavy atom. The van der Waals surface area contributed by atoms with Gasteiger partial charge < -0.3 is 14.6 Å². The van der Waals surface area contributed by atoms with Gasteiger partial charge in [0.15, 0.2) is 11.5 Å². The van der Waals surface area contributed by atoms with Crippen molar-refractivity contribution in [3.63, 3.8) is 0 Å². The molecule has 0 aromatic heterocycles. The van der Waals surface area contributed by atoms with E-state index in [2.05, 4.69) is 0 Å². The monoisotopic (exact) mass is 313 g/mol. The number of hydrogen-bond acceptors (Lipinski definition) is 5. The lowest BCUT2D eigenvalue weighted by molar-refractivity contribution is -0.0932. The summed E-state index contributed by atoms with van der Waals surface area (Å²) in [5, 5.41) is 10.2. The molecule has 0 amide bonds. The molecule has 0 atom stereocenters. The molecule has 0 bridgehead atoms. The number of sulfonamides is 1. The van der Waals surface area contributed by atoms with Crippen molar-refractivity contribution in [2.75, 3.05) is 26.3 Å². The number of benzene rings is 1. The molecule has 1 saturated heterocycles. The van der Waals surface area contributed by atoms with Gasteiger partial charge in [0.25, 0.3) is 0 Å². The van der Waals surface area contributed by atoms with Gasteiger partial charge in [0.2, 0.25) is 10.0 Å². The summed E-state index contributed by atoms with van der Waals surface area (Å²) in [6.07, 6.45) is 0. The van der Waals surface area contributed by atoms with Crippen molar-refractivity contribution in [3.05, 3.63) is 18.2 Å². The van der Waals surface area contributed by atoms with E-state index >= 15 is 0 Å². The van der Waals surface area contributed by atoms with Gasteiger partial charge >= 0.3 is 0 Å². The van der Waals surface area contributed by atoms with Crippen molar-refractivity contribution in [1.82, 2.24) is 4.31 Å². The second-order valence-electron chi connectivity index (χ2n) is 5.84. The SMILES string of the molecule is CC(C)C1(O)CN(S(=O)(=O)c2ccc3c(c2)OCCO3)C1. The highest BCUT2D eigenvalue weighted by Gasteiger charge is 2.49. The molecule has 6 nitrogen and oxygen atoms in total. The lowest BCUT2D eigenvalue weighted by Crippen LogP contribution is -2.65. The van der Waals surface area contributed by atoms with Crippen LogP contribution in [0.2, 0.25) is 0 Å². The smallest absolute Gasteiger partial charge is 0.243 e. The number of fused-ring (bicyclic) bond motifs is 1. The van der Waals surface area contributed by atoms with Crippen LogP contribution in [0.3, 0.4) is 0 Å². The largest absolute Gasteiger partial charge is 0.486 e. The van der Waals surface area contributed by atoms with Gasteiger partial charge in [-0.3, -0.25) is 0 Å². The number of aliphatic hydroxyl groups is 1. The maximum absolute atomic E-state index is 12.5. The number of ether oxygens (including phenoxy) is 2. The number of hydrogen-bond donors (Lipinski definition) is 1. The van der Waals surface area contributed by atoms with E-state index in [1.807, 2.05) is 13.8 Å².